The molecule has 170 valence electrons. The van der Waals surface area contributed by atoms with Crippen LogP contribution in [0, 0.1) is 11.2 Å². The first-order valence-electron chi connectivity index (χ1n) is 10.7. The number of likely N-dealkylation sites (tertiary alicyclic amines) is 1. The molecule has 9 heteroatoms. The van der Waals surface area contributed by atoms with Gasteiger partial charge < -0.3 is 4.90 Å². The number of halogens is 4. The molecule has 1 atom stereocenters. The van der Waals surface area contributed by atoms with Crippen LogP contribution in [-0.2, 0) is 12.8 Å². The van der Waals surface area contributed by atoms with Crippen LogP contribution in [-0.4, -0.2) is 53.3 Å². The Morgan fingerprint density at radius 2 is 1.94 bits per heavy atom. The summed E-state index contributed by atoms with van der Waals surface area (Å²) in [7, 11) is 0. The van der Waals surface area contributed by atoms with E-state index in [-0.39, 0.29) is 22.2 Å². The van der Waals surface area contributed by atoms with Crippen LogP contribution in [0.15, 0.2) is 36.7 Å². The fourth-order valence-corrected chi connectivity index (χ4v) is 6.06. The molecule has 2 fully saturated rings. The summed E-state index contributed by atoms with van der Waals surface area (Å²) >= 11 is 1.09. The van der Waals surface area contributed by atoms with Crippen molar-refractivity contribution in [2.75, 3.05) is 31.1 Å². The van der Waals surface area contributed by atoms with Gasteiger partial charge in [-0.3, -0.25) is 4.90 Å². The second-order valence-corrected chi connectivity index (χ2v) is 10.3. The largest absolute Gasteiger partial charge is 0.393 e. The molecule has 0 amide bonds. The van der Waals surface area contributed by atoms with Gasteiger partial charge in [0, 0.05) is 42.5 Å². The van der Waals surface area contributed by atoms with Crippen molar-refractivity contribution in [1.82, 2.24) is 14.9 Å². The number of hydrogen-bond acceptors (Lipinski definition) is 5. The number of benzene rings is 1. The zero-order valence-corrected chi connectivity index (χ0v) is 18.5. The summed E-state index contributed by atoms with van der Waals surface area (Å²) in [6.07, 6.45) is -2.04. The summed E-state index contributed by atoms with van der Waals surface area (Å²) in [6.45, 7) is 5.67. The zero-order chi connectivity index (χ0) is 22.5. The molecule has 1 aromatic carbocycles. The highest BCUT2D eigenvalue weighted by Gasteiger charge is 2.49. The average molecular weight is 465 g/mol. The number of anilines is 1. The van der Waals surface area contributed by atoms with Crippen LogP contribution in [0.5, 0.6) is 0 Å². The molecule has 5 rings (SSSR count). The van der Waals surface area contributed by atoms with Crippen molar-refractivity contribution in [2.45, 2.75) is 38.4 Å². The van der Waals surface area contributed by atoms with Crippen molar-refractivity contribution >= 4 is 27.4 Å². The summed E-state index contributed by atoms with van der Waals surface area (Å²) < 4.78 is 52.5. The topological polar surface area (TPSA) is 32.3 Å². The molecule has 32 heavy (non-hydrogen) atoms. The molecule has 0 saturated carbocycles. The maximum Gasteiger partial charge on any atom is 0.393 e. The Labute approximate surface area is 187 Å². The van der Waals surface area contributed by atoms with Gasteiger partial charge in [0.05, 0.1) is 11.8 Å². The maximum absolute atomic E-state index is 14.0. The summed E-state index contributed by atoms with van der Waals surface area (Å²) in [5.41, 5.74) is 0.899. The van der Waals surface area contributed by atoms with Gasteiger partial charge in [-0.25, -0.2) is 14.4 Å². The van der Waals surface area contributed by atoms with Crippen LogP contribution in [0.4, 0.5) is 23.4 Å². The molecule has 2 aliphatic rings. The van der Waals surface area contributed by atoms with Gasteiger partial charge in [0.1, 0.15) is 22.8 Å². The maximum atomic E-state index is 14.0. The summed E-state index contributed by atoms with van der Waals surface area (Å²) in [4.78, 5) is 14.1. The van der Waals surface area contributed by atoms with E-state index in [0.29, 0.717) is 16.6 Å². The third kappa shape index (κ3) is 4.20. The minimum atomic E-state index is -4.24. The van der Waals surface area contributed by atoms with Crippen LogP contribution >= 0.6 is 11.3 Å². The monoisotopic (exact) mass is 464 g/mol. The molecule has 0 aliphatic carbocycles. The molecule has 4 heterocycles. The van der Waals surface area contributed by atoms with Gasteiger partial charge in [-0.15, -0.1) is 11.3 Å². The average Bonchev–Trinajstić information content (AvgIpc) is 3.31. The van der Waals surface area contributed by atoms with E-state index in [9.17, 15) is 17.6 Å². The first kappa shape index (κ1) is 21.6. The highest BCUT2D eigenvalue weighted by atomic mass is 32.1. The van der Waals surface area contributed by atoms with Crippen LogP contribution in [0.1, 0.15) is 23.8 Å². The fourth-order valence-electron chi connectivity index (χ4n) is 5.04. The molecule has 1 spiro atoms. The highest BCUT2D eigenvalue weighted by molar-refractivity contribution is 7.18. The van der Waals surface area contributed by atoms with Gasteiger partial charge in [-0.2, -0.15) is 13.2 Å². The lowest BCUT2D eigenvalue weighted by Gasteiger charge is -2.51. The molecular weight excluding hydrogens is 440 g/mol. The molecular formula is C23H24F4N4S. The van der Waals surface area contributed by atoms with Gasteiger partial charge in [-0.1, -0.05) is 18.2 Å². The molecule has 3 aromatic rings. The predicted octanol–water partition coefficient (Wildman–Crippen LogP) is 5.08. The van der Waals surface area contributed by atoms with Gasteiger partial charge in [0.2, 0.25) is 0 Å². The molecule has 1 unspecified atom stereocenters. The number of hydrogen-bond donors (Lipinski definition) is 0. The van der Waals surface area contributed by atoms with Crippen LogP contribution in [0.2, 0.25) is 0 Å². The number of thiophene rings is 1. The van der Waals surface area contributed by atoms with E-state index < -0.39 is 12.6 Å². The molecule has 2 aliphatic heterocycles. The molecule has 0 radical (unpaired) electrons. The second kappa shape index (κ2) is 7.95. The number of aromatic nitrogens is 2. The van der Waals surface area contributed by atoms with E-state index in [1.807, 2.05) is 12.1 Å². The van der Waals surface area contributed by atoms with Crippen LogP contribution in [0.3, 0.4) is 0 Å². The van der Waals surface area contributed by atoms with Crippen molar-refractivity contribution in [3.8, 4) is 0 Å². The summed E-state index contributed by atoms with van der Waals surface area (Å²) in [5, 5.41) is 0.706. The lowest BCUT2D eigenvalue weighted by Crippen LogP contribution is -2.60. The normalized spacial score (nSPS) is 19.6. The zero-order valence-electron chi connectivity index (χ0n) is 17.7. The molecule has 2 aromatic heterocycles. The number of rotatable bonds is 5. The van der Waals surface area contributed by atoms with E-state index in [0.717, 1.165) is 55.3 Å². The van der Waals surface area contributed by atoms with Crippen molar-refractivity contribution in [1.29, 1.82) is 0 Å². The Kier molecular flexibility index (Phi) is 5.36. The van der Waals surface area contributed by atoms with Crippen molar-refractivity contribution in [3.63, 3.8) is 0 Å². The fraction of sp³-hybridized carbons (Fsp3) is 0.478. The third-order valence-electron chi connectivity index (χ3n) is 6.65. The third-order valence-corrected chi connectivity index (χ3v) is 7.69. The Morgan fingerprint density at radius 3 is 2.69 bits per heavy atom. The van der Waals surface area contributed by atoms with E-state index in [1.165, 1.54) is 12.4 Å². The molecule has 0 N–H and O–H groups in total. The Morgan fingerprint density at radius 1 is 1.16 bits per heavy atom. The van der Waals surface area contributed by atoms with Gasteiger partial charge in [0.15, 0.2) is 0 Å². The first-order chi connectivity index (χ1) is 15.2. The van der Waals surface area contributed by atoms with Crippen LogP contribution < -0.4 is 4.90 Å². The Balaban J connectivity index is 1.25. The number of nitrogens with zero attached hydrogens (tertiary/aromatic N) is 4. The number of fused-ring (bicyclic) bond motifs is 1. The standard InChI is InChI=1S/C23H24F4N4S/c1-15(8-16-4-2-3-5-19(16)24)31-12-22(13-31)6-7-30(11-22)20-18-9-17(10-23(25,26)27)32-21(18)29-14-28-20/h2-5,9,14-15H,6-8,10-13H2,1H3. The van der Waals surface area contributed by atoms with Crippen LogP contribution in [0.25, 0.3) is 10.2 Å². The molecule has 4 nitrogen and oxygen atoms in total. The lowest BCUT2D eigenvalue weighted by atomic mass is 9.78. The Hall–Kier alpha value is -2.26. The molecule has 2 saturated heterocycles. The second-order valence-electron chi connectivity index (χ2n) is 9.14. The smallest absolute Gasteiger partial charge is 0.355 e. The van der Waals surface area contributed by atoms with Crippen molar-refractivity contribution < 1.29 is 17.6 Å². The van der Waals surface area contributed by atoms with E-state index in [2.05, 4.69) is 26.7 Å². The van der Waals surface area contributed by atoms with E-state index in [4.69, 9.17) is 0 Å². The summed E-state index contributed by atoms with van der Waals surface area (Å²) in [6, 6.07) is 8.76. The lowest BCUT2D eigenvalue weighted by molar-refractivity contribution is -0.126. The molecule has 0 bridgehead atoms. The highest BCUT2D eigenvalue weighted by Crippen LogP contribution is 2.43. The van der Waals surface area contributed by atoms with E-state index >= 15 is 0 Å². The number of alkyl halides is 3. The van der Waals surface area contributed by atoms with Crippen molar-refractivity contribution in [3.05, 3.63) is 52.9 Å². The Bertz CT molecular complexity index is 1120. The minimum absolute atomic E-state index is 0.157. The van der Waals surface area contributed by atoms with E-state index in [1.54, 1.807) is 12.1 Å². The first-order valence-corrected chi connectivity index (χ1v) is 11.6. The van der Waals surface area contributed by atoms with Gasteiger partial charge >= 0.3 is 6.18 Å². The van der Waals surface area contributed by atoms with Crippen molar-refractivity contribution in [2.24, 2.45) is 5.41 Å². The minimum Gasteiger partial charge on any atom is -0.355 e. The quantitative estimate of drug-likeness (QED) is 0.493. The summed E-state index contributed by atoms with van der Waals surface area (Å²) in [5.74, 6) is 0.574. The predicted molar refractivity (Wildman–Crippen MR) is 118 cm³/mol. The van der Waals surface area contributed by atoms with Gasteiger partial charge in [0.25, 0.3) is 0 Å². The van der Waals surface area contributed by atoms with Gasteiger partial charge in [-0.05, 0) is 37.5 Å². The SMILES string of the molecule is CC(Cc1ccccc1F)N1CC2(CCN(c3ncnc4sc(CC(F)(F)F)cc34)C2)C1.